The molecular formula is C21H24N2. The Hall–Kier alpha value is -2.19. The number of pyridine rings is 1. The predicted molar refractivity (Wildman–Crippen MR) is 98.8 cm³/mol. The number of fused-ring (bicyclic) bond motifs is 1. The van der Waals surface area contributed by atoms with Crippen LogP contribution in [0.4, 0.5) is 0 Å². The first-order chi connectivity index (χ1) is 11.3. The van der Waals surface area contributed by atoms with E-state index in [4.69, 9.17) is 4.98 Å². The molecule has 0 saturated heterocycles. The van der Waals surface area contributed by atoms with Crippen molar-refractivity contribution in [2.24, 2.45) is 0 Å². The van der Waals surface area contributed by atoms with Gasteiger partial charge in [0.05, 0.1) is 11.2 Å². The van der Waals surface area contributed by atoms with Crippen LogP contribution in [-0.4, -0.2) is 18.6 Å². The topological polar surface area (TPSA) is 24.9 Å². The van der Waals surface area contributed by atoms with Crippen molar-refractivity contribution in [2.75, 3.05) is 13.6 Å². The summed E-state index contributed by atoms with van der Waals surface area (Å²) in [6, 6.07) is 19.5. The zero-order valence-electron chi connectivity index (χ0n) is 14.0. The lowest BCUT2D eigenvalue weighted by molar-refractivity contribution is 0.725. The number of nitrogens with one attached hydrogen (secondary N) is 1. The van der Waals surface area contributed by atoms with Crippen molar-refractivity contribution in [3.63, 3.8) is 0 Å². The van der Waals surface area contributed by atoms with Crippen molar-refractivity contribution in [1.82, 2.24) is 10.3 Å². The van der Waals surface area contributed by atoms with Crippen molar-refractivity contribution >= 4 is 10.9 Å². The Bertz CT molecular complexity index is 778. The van der Waals surface area contributed by atoms with E-state index < -0.39 is 0 Å². The number of aryl methyl sites for hydroxylation is 2. The smallest absolute Gasteiger partial charge is 0.0741 e. The van der Waals surface area contributed by atoms with Gasteiger partial charge in [-0.2, -0.15) is 0 Å². The summed E-state index contributed by atoms with van der Waals surface area (Å²) in [4.78, 5) is 4.98. The summed E-state index contributed by atoms with van der Waals surface area (Å²) in [7, 11) is 2.00. The van der Waals surface area contributed by atoms with E-state index in [-0.39, 0.29) is 0 Å². The van der Waals surface area contributed by atoms with Crippen molar-refractivity contribution in [2.45, 2.75) is 26.2 Å². The van der Waals surface area contributed by atoms with Crippen LogP contribution < -0.4 is 5.32 Å². The molecule has 23 heavy (non-hydrogen) atoms. The van der Waals surface area contributed by atoms with Gasteiger partial charge in [-0.3, -0.25) is 0 Å². The van der Waals surface area contributed by atoms with Crippen LogP contribution in [0, 0.1) is 0 Å². The van der Waals surface area contributed by atoms with Gasteiger partial charge in [-0.15, -0.1) is 0 Å². The fourth-order valence-corrected chi connectivity index (χ4v) is 2.98. The second-order valence-electron chi connectivity index (χ2n) is 5.95. The Morgan fingerprint density at radius 1 is 1.00 bits per heavy atom. The molecule has 0 radical (unpaired) electrons. The number of hydrogen-bond donors (Lipinski definition) is 1. The van der Waals surface area contributed by atoms with E-state index in [1.165, 1.54) is 22.1 Å². The summed E-state index contributed by atoms with van der Waals surface area (Å²) in [5, 5.41) is 4.49. The van der Waals surface area contributed by atoms with Gasteiger partial charge in [-0.1, -0.05) is 43.3 Å². The van der Waals surface area contributed by atoms with Crippen LogP contribution in [0.3, 0.4) is 0 Å². The molecule has 3 rings (SSSR count). The average molecular weight is 304 g/mol. The van der Waals surface area contributed by atoms with Crippen LogP contribution in [0.15, 0.2) is 54.6 Å². The third-order valence-electron chi connectivity index (χ3n) is 4.29. The minimum Gasteiger partial charge on any atom is -0.320 e. The molecule has 1 heterocycles. The van der Waals surface area contributed by atoms with E-state index in [0.717, 1.165) is 37.0 Å². The lowest BCUT2D eigenvalue weighted by Gasteiger charge is -2.12. The Morgan fingerprint density at radius 2 is 1.83 bits per heavy atom. The van der Waals surface area contributed by atoms with Crippen LogP contribution in [0.5, 0.6) is 0 Å². The highest BCUT2D eigenvalue weighted by Gasteiger charge is 2.09. The Labute approximate surface area is 138 Å². The van der Waals surface area contributed by atoms with Gasteiger partial charge < -0.3 is 5.32 Å². The number of benzene rings is 2. The van der Waals surface area contributed by atoms with Crippen molar-refractivity contribution in [3.05, 3.63) is 65.7 Å². The van der Waals surface area contributed by atoms with Crippen LogP contribution in [0.25, 0.3) is 22.2 Å². The monoisotopic (exact) mass is 304 g/mol. The molecule has 0 saturated carbocycles. The lowest BCUT2D eigenvalue weighted by Crippen LogP contribution is -2.09. The standard InChI is InChI=1S/C21H24N2/c1-3-16-11-12-20-19(14-16)15-18(10-7-13-22-2)21(23-20)17-8-5-4-6-9-17/h4-6,8-9,11-12,14-15,22H,3,7,10,13H2,1-2H3. The Balaban J connectivity index is 2.09. The normalized spacial score (nSPS) is 11.0. The van der Waals surface area contributed by atoms with Crippen LogP contribution in [-0.2, 0) is 12.8 Å². The van der Waals surface area contributed by atoms with E-state index in [1.807, 2.05) is 7.05 Å². The van der Waals surface area contributed by atoms with E-state index >= 15 is 0 Å². The predicted octanol–water partition coefficient (Wildman–Crippen LogP) is 4.62. The molecule has 118 valence electrons. The van der Waals surface area contributed by atoms with Crippen LogP contribution in [0.1, 0.15) is 24.5 Å². The number of rotatable bonds is 6. The third-order valence-corrected chi connectivity index (χ3v) is 4.29. The molecule has 0 atom stereocenters. The summed E-state index contributed by atoms with van der Waals surface area (Å²) >= 11 is 0. The third kappa shape index (κ3) is 3.59. The molecular weight excluding hydrogens is 280 g/mol. The maximum absolute atomic E-state index is 4.98. The molecule has 0 aliphatic heterocycles. The summed E-state index contributed by atoms with van der Waals surface area (Å²) in [6.07, 6.45) is 3.23. The molecule has 2 aromatic carbocycles. The fourth-order valence-electron chi connectivity index (χ4n) is 2.98. The SMILES string of the molecule is CCc1ccc2nc(-c3ccccc3)c(CCCNC)cc2c1. The van der Waals surface area contributed by atoms with Gasteiger partial charge >= 0.3 is 0 Å². The number of hydrogen-bond acceptors (Lipinski definition) is 2. The molecule has 0 fully saturated rings. The second kappa shape index (κ2) is 7.38. The first-order valence-electron chi connectivity index (χ1n) is 8.44. The summed E-state index contributed by atoms with van der Waals surface area (Å²) < 4.78 is 0. The maximum atomic E-state index is 4.98. The quantitative estimate of drug-likeness (QED) is 0.672. The average Bonchev–Trinajstić information content (AvgIpc) is 2.61. The van der Waals surface area contributed by atoms with Gasteiger partial charge in [0.25, 0.3) is 0 Å². The van der Waals surface area contributed by atoms with Gasteiger partial charge in [0.2, 0.25) is 0 Å². The summed E-state index contributed by atoms with van der Waals surface area (Å²) in [5.41, 5.74) is 6.12. The van der Waals surface area contributed by atoms with Crippen molar-refractivity contribution in [3.8, 4) is 11.3 Å². The molecule has 0 amide bonds. The van der Waals surface area contributed by atoms with Gasteiger partial charge in [-0.25, -0.2) is 4.98 Å². The van der Waals surface area contributed by atoms with Crippen molar-refractivity contribution in [1.29, 1.82) is 0 Å². The van der Waals surface area contributed by atoms with Crippen LogP contribution >= 0.6 is 0 Å². The zero-order valence-corrected chi connectivity index (χ0v) is 14.0. The molecule has 0 aliphatic rings. The molecule has 0 spiro atoms. The van der Waals surface area contributed by atoms with Crippen molar-refractivity contribution < 1.29 is 0 Å². The zero-order chi connectivity index (χ0) is 16.1. The van der Waals surface area contributed by atoms with E-state index in [9.17, 15) is 0 Å². The number of nitrogens with zero attached hydrogens (tertiary/aromatic N) is 1. The minimum atomic E-state index is 1.03. The molecule has 1 N–H and O–H groups in total. The van der Waals surface area contributed by atoms with Gasteiger partial charge in [-0.05, 0) is 62.2 Å². The molecule has 1 aromatic heterocycles. The lowest BCUT2D eigenvalue weighted by atomic mass is 9.99. The highest BCUT2D eigenvalue weighted by molar-refractivity contribution is 5.84. The molecule has 3 aromatic rings. The molecule has 0 unspecified atom stereocenters. The Morgan fingerprint density at radius 3 is 2.57 bits per heavy atom. The second-order valence-corrected chi connectivity index (χ2v) is 5.95. The summed E-state index contributed by atoms with van der Waals surface area (Å²) in [5.74, 6) is 0. The highest BCUT2D eigenvalue weighted by atomic mass is 14.8. The van der Waals surface area contributed by atoms with Gasteiger partial charge in [0.15, 0.2) is 0 Å². The van der Waals surface area contributed by atoms with Gasteiger partial charge in [0.1, 0.15) is 0 Å². The van der Waals surface area contributed by atoms with Gasteiger partial charge in [0, 0.05) is 10.9 Å². The minimum absolute atomic E-state index is 1.03. The molecule has 0 bridgehead atoms. The number of aromatic nitrogens is 1. The molecule has 2 nitrogen and oxygen atoms in total. The van der Waals surface area contributed by atoms with E-state index in [0.29, 0.717) is 0 Å². The van der Waals surface area contributed by atoms with E-state index in [2.05, 4.69) is 66.8 Å². The summed E-state index contributed by atoms with van der Waals surface area (Å²) in [6.45, 7) is 3.22. The first kappa shape index (κ1) is 15.7. The molecule has 2 heteroatoms. The largest absolute Gasteiger partial charge is 0.320 e. The van der Waals surface area contributed by atoms with E-state index in [1.54, 1.807) is 0 Å². The first-order valence-corrected chi connectivity index (χ1v) is 8.44. The maximum Gasteiger partial charge on any atom is 0.0741 e. The Kier molecular flexibility index (Phi) is 5.04. The van der Waals surface area contributed by atoms with Crippen LogP contribution in [0.2, 0.25) is 0 Å². The molecule has 0 aliphatic carbocycles. The highest BCUT2D eigenvalue weighted by Crippen LogP contribution is 2.27. The fraction of sp³-hybridized carbons (Fsp3) is 0.286.